The summed E-state index contributed by atoms with van der Waals surface area (Å²) in [6, 6.07) is 5.56. The van der Waals surface area contributed by atoms with Crippen LogP contribution in [0.1, 0.15) is 37.8 Å². The van der Waals surface area contributed by atoms with E-state index in [1.807, 2.05) is 26.0 Å². The molecular weight excluding hydrogens is 229 g/mol. The van der Waals surface area contributed by atoms with Crippen molar-refractivity contribution in [3.63, 3.8) is 0 Å². The van der Waals surface area contributed by atoms with Crippen LogP contribution in [0.25, 0.3) is 0 Å². The Bertz CT molecular complexity index is 282. The Balaban J connectivity index is 0. The van der Waals surface area contributed by atoms with E-state index in [9.17, 15) is 0 Å². The maximum Gasteiger partial charge on any atom is 0.118 e. The number of hydrogen-bond donors (Lipinski definition) is 1. The third kappa shape index (κ3) is 9.14. The van der Waals surface area contributed by atoms with E-state index in [0.717, 1.165) is 17.9 Å². The molecule has 0 spiro atoms. The fourth-order valence-corrected chi connectivity index (χ4v) is 1.21. The van der Waals surface area contributed by atoms with Crippen molar-refractivity contribution in [3.8, 4) is 5.75 Å². The van der Waals surface area contributed by atoms with E-state index in [0.29, 0.717) is 5.75 Å². The van der Waals surface area contributed by atoms with Crippen LogP contribution in [-0.4, -0.2) is 5.11 Å². The van der Waals surface area contributed by atoms with Crippen LogP contribution < -0.4 is 0 Å². The minimum absolute atomic E-state index is 0. The molecule has 0 aliphatic rings. The van der Waals surface area contributed by atoms with Crippen LogP contribution in [0.15, 0.2) is 18.2 Å². The van der Waals surface area contributed by atoms with E-state index in [1.165, 1.54) is 12.0 Å². The van der Waals surface area contributed by atoms with Crippen molar-refractivity contribution in [2.24, 2.45) is 5.92 Å². The summed E-state index contributed by atoms with van der Waals surface area (Å²) in [6.45, 7) is 12.1. The Morgan fingerprint density at radius 2 is 1.81 bits per heavy atom. The van der Waals surface area contributed by atoms with Gasteiger partial charge >= 0.3 is 0 Å². The normalized spacial score (nSPS) is 9.12. The number of aromatic hydroxyl groups is 1. The van der Waals surface area contributed by atoms with Gasteiger partial charge in [-0.1, -0.05) is 38.0 Å². The van der Waals surface area contributed by atoms with Crippen LogP contribution in [0.5, 0.6) is 5.75 Å². The summed E-state index contributed by atoms with van der Waals surface area (Å²) in [5.74, 6) is 1.21. The van der Waals surface area contributed by atoms with Crippen LogP contribution in [0.2, 0.25) is 0 Å². The molecular formula is C14H23OSc-. The molecule has 0 aliphatic carbocycles. The van der Waals surface area contributed by atoms with Crippen molar-refractivity contribution in [1.29, 1.82) is 0 Å². The smallest absolute Gasteiger partial charge is 0.118 e. The van der Waals surface area contributed by atoms with Crippen molar-refractivity contribution >= 4 is 0 Å². The summed E-state index contributed by atoms with van der Waals surface area (Å²) in [4.78, 5) is 0. The molecule has 0 amide bonds. The van der Waals surface area contributed by atoms with Gasteiger partial charge in [-0.15, -0.1) is 0 Å². The zero-order chi connectivity index (χ0) is 11.8. The molecule has 1 radical (unpaired) electrons. The second-order valence-electron chi connectivity index (χ2n) is 4.33. The van der Waals surface area contributed by atoms with Crippen LogP contribution in [0.4, 0.5) is 0 Å². The molecule has 0 unspecified atom stereocenters. The minimum atomic E-state index is 0. The molecule has 1 nitrogen and oxygen atoms in total. The van der Waals surface area contributed by atoms with E-state index >= 15 is 0 Å². The molecule has 0 aliphatic heterocycles. The molecule has 1 aromatic rings. The molecule has 16 heavy (non-hydrogen) atoms. The first kappa shape index (κ1) is 18.3. The Hall–Kier alpha value is -0.110. The fourth-order valence-electron chi connectivity index (χ4n) is 1.21. The van der Waals surface area contributed by atoms with E-state index in [4.69, 9.17) is 5.11 Å². The van der Waals surface area contributed by atoms with Gasteiger partial charge in [0.2, 0.25) is 0 Å². The van der Waals surface area contributed by atoms with Crippen molar-refractivity contribution in [3.05, 3.63) is 36.2 Å². The minimum Gasteiger partial charge on any atom is -0.508 e. The van der Waals surface area contributed by atoms with Crippen molar-refractivity contribution in [2.75, 3.05) is 0 Å². The van der Waals surface area contributed by atoms with Crippen molar-refractivity contribution < 1.29 is 30.9 Å². The standard InChI is InChI=1S/C8H10O.C6H13.Sc/c1-6-3-4-8(9)7(2)5-6;1-4-5-6(2)3;/h3-5,9H,1-2H3;6H,1,4-5H2,2-3H3;/q;-1;. The van der Waals surface area contributed by atoms with Gasteiger partial charge < -0.3 is 12.0 Å². The van der Waals surface area contributed by atoms with Gasteiger partial charge in [-0.05, 0) is 31.4 Å². The van der Waals surface area contributed by atoms with Gasteiger partial charge in [-0.2, -0.15) is 6.42 Å². The molecule has 89 valence electrons. The van der Waals surface area contributed by atoms with E-state index in [2.05, 4.69) is 20.8 Å². The number of aryl methyl sites for hydroxylation is 2. The second-order valence-corrected chi connectivity index (χ2v) is 4.33. The van der Waals surface area contributed by atoms with Crippen LogP contribution in [0, 0.1) is 26.7 Å². The maximum atomic E-state index is 9.04. The van der Waals surface area contributed by atoms with Gasteiger partial charge in [0.1, 0.15) is 5.75 Å². The fraction of sp³-hybridized carbons (Fsp3) is 0.500. The zero-order valence-corrected chi connectivity index (χ0v) is 12.8. The number of hydrogen-bond acceptors (Lipinski definition) is 1. The summed E-state index contributed by atoms with van der Waals surface area (Å²) >= 11 is 0. The Morgan fingerprint density at radius 3 is 2.06 bits per heavy atom. The van der Waals surface area contributed by atoms with Crippen molar-refractivity contribution in [2.45, 2.75) is 40.5 Å². The first-order valence-corrected chi connectivity index (χ1v) is 5.52. The molecule has 1 rings (SSSR count). The van der Waals surface area contributed by atoms with Crippen molar-refractivity contribution in [1.82, 2.24) is 0 Å². The Morgan fingerprint density at radius 1 is 1.25 bits per heavy atom. The summed E-state index contributed by atoms with van der Waals surface area (Å²) in [7, 11) is 0. The summed E-state index contributed by atoms with van der Waals surface area (Å²) in [5, 5.41) is 9.04. The van der Waals surface area contributed by atoms with Crippen LogP contribution >= 0.6 is 0 Å². The van der Waals surface area contributed by atoms with Gasteiger partial charge in [-0.25, -0.2) is 0 Å². The Kier molecular flexibility index (Phi) is 11.5. The third-order valence-electron chi connectivity index (χ3n) is 2.13. The molecule has 0 saturated carbocycles. The number of rotatable bonds is 2. The largest absolute Gasteiger partial charge is 0.508 e. The first-order valence-electron chi connectivity index (χ1n) is 5.52. The molecule has 1 aromatic carbocycles. The van der Waals surface area contributed by atoms with Gasteiger partial charge in [0.25, 0.3) is 0 Å². The van der Waals surface area contributed by atoms with Gasteiger partial charge in [0.15, 0.2) is 0 Å². The Labute approximate surface area is 119 Å². The van der Waals surface area contributed by atoms with Gasteiger partial charge in [0, 0.05) is 25.8 Å². The topological polar surface area (TPSA) is 20.2 Å². The van der Waals surface area contributed by atoms with E-state index < -0.39 is 0 Å². The van der Waals surface area contributed by atoms with E-state index in [-0.39, 0.29) is 25.8 Å². The predicted molar refractivity (Wildman–Crippen MR) is 67.0 cm³/mol. The summed E-state index contributed by atoms with van der Waals surface area (Å²) in [6.07, 6.45) is 2.34. The number of phenols is 1. The summed E-state index contributed by atoms with van der Waals surface area (Å²) < 4.78 is 0. The van der Waals surface area contributed by atoms with E-state index in [1.54, 1.807) is 6.07 Å². The average molecular weight is 252 g/mol. The summed E-state index contributed by atoms with van der Waals surface area (Å²) in [5.41, 5.74) is 2.13. The molecule has 0 saturated heterocycles. The molecule has 0 fully saturated rings. The molecule has 0 bridgehead atoms. The molecule has 1 N–H and O–H groups in total. The predicted octanol–water partition coefficient (Wildman–Crippen LogP) is 4.26. The average Bonchev–Trinajstić information content (AvgIpc) is 2.13. The zero-order valence-electron chi connectivity index (χ0n) is 11.0. The third-order valence-corrected chi connectivity index (χ3v) is 2.13. The van der Waals surface area contributed by atoms with Crippen LogP contribution in [0.3, 0.4) is 0 Å². The van der Waals surface area contributed by atoms with Gasteiger partial charge in [0.05, 0.1) is 0 Å². The quantitative estimate of drug-likeness (QED) is 0.779. The number of phenolic OH excluding ortho intramolecular Hbond substituents is 1. The van der Waals surface area contributed by atoms with Gasteiger partial charge in [-0.3, -0.25) is 0 Å². The molecule has 0 aromatic heterocycles. The maximum absolute atomic E-state index is 9.04. The first-order chi connectivity index (χ1) is 6.97. The van der Waals surface area contributed by atoms with Crippen LogP contribution in [-0.2, 0) is 25.8 Å². The number of benzene rings is 1. The molecule has 0 atom stereocenters. The second kappa shape index (κ2) is 10.1. The monoisotopic (exact) mass is 252 g/mol. The molecule has 2 heteroatoms. The molecule has 0 heterocycles. The SMILES string of the molecule is Cc1ccc(O)c(C)c1.[CH2-]CCC(C)C.[Sc].